The maximum Gasteiger partial charge on any atom is 0.330 e. The van der Waals surface area contributed by atoms with Crippen LogP contribution in [0, 0.1) is 10.1 Å². The molecule has 150 valence electrons. The molecule has 4 rings (SSSR count). The van der Waals surface area contributed by atoms with Gasteiger partial charge < -0.3 is 0 Å². The van der Waals surface area contributed by atoms with Crippen LogP contribution in [0.1, 0.15) is 10.4 Å². The average molecular weight is 406 g/mol. The van der Waals surface area contributed by atoms with Crippen molar-refractivity contribution in [2.75, 3.05) is 23.9 Å². The molecule has 1 aromatic carbocycles. The molecule has 0 fully saturated rings. The van der Waals surface area contributed by atoms with Crippen molar-refractivity contribution in [3.8, 4) is 0 Å². The number of azo groups is 1. The number of amides is 2. The van der Waals surface area contributed by atoms with Crippen LogP contribution >= 0.6 is 0 Å². The zero-order valence-electron chi connectivity index (χ0n) is 15.8. The van der Waals surface area contributed by atoms with Crippen LogP contribution in [0.15, 0.2) is 59.0 Å². The van der Waals surface area contributed by atoms with E-state index in [4.69, 9.17) is 0 Å². The molecule has 2 amide bonds. The van der Waals surface area contributed by atoms with Crippen LogP contribution in [0.3, 0.4) is 0 Å². The highest BCUT2D eigenvalue weighted by molar-refractivity contribution is 6.13. The number of rotatable bonds is 4. The SMILES string of the molecule is CN1C(=O)N(C)c2c(N=Nc3ccccc3[N+](=O)[O-])c1nn2C(=O)c1cccnc1. The molecule has 0 N–H and O–H groups in total. The zero-order valence-corrected chi connectivity index (χ0v) is 15.8. The molecule has 0 atom stereocenters. The fraction of sp³-hybridized carbons (Fsp3) is 0.111. The van der Waals surface area contributed by atoms with Crippen molar-refractivity contribution >= 4 is 40.6 Å². The van der Waals surface area contributed by atoms with Gasteiger partial charge in [-0.1, -0.05) is 12.1 Å². The summed E-state index contributed by atoms with van der Waals surface area (Å²) < 4.78 is 1.04. The second-order valence-corrected chi connectivity index (χ2v) is 6.30. The molecule has 1 aliphatic rings. The fourth-order valence-electron chi connectivity index (χ4n) is 2.97. The Morgan fingerprint density at radius 1 is 1.10 bits per heavy atom. The fourth-order valence-corrected chi connectivity index (χ4v) is 2.97. The average Bonchev–Trinajstić information content (AvgIpc) is 3.11. The molecule has 2 bridgehead atoms. The topological polar surface area (TPSA) is 139 Å². The third-order valence-electron chi connectivity index (χ3n) is 4.47. The minimum absolute atomic E-state index is 0.0305. The maximum absolute atomic E-state index is 12.9. The monoisotopic (exact) mass is 406 g/mol. The summed E-state index contributed by atoms with van der Waals surface area (Å²) in [6, 6.07) is 8.60. The second-order valence-electron chi connectivity index (χ2n) is 6.30. The number of carbonyl (C=O) groups is 2. The molecule has 0 saturated carbocycles. The van der Waals surface area contributed by atoms with Crippen molar-refractivity contribution in [2.24, 2.45) is 10.2 Å². The molecule has 30 heavy (non-hydrogen) atoms. The van der Waals surface area contributed by atoms with Gasteiger partial charge in [0, 0.05) is 32.6 Å². The normalized spacial score (nSPS) is 13.2. The minimum Gasteiger partial charge on any atom is -0.279 e. The van der Waals surface area contributed by atoms with Gasteiger partial charge in [-0.2, -0.15) is 4.68 Å². The highest BCUT2D eigenvalue weighted by Gasteiger charge is 2.37. The standard InChI is InChI=1S/C18H14N8O4/c1-23-15-14(21-20-12-7-3-4-8-13(12)26(29)30)16(24(2)18(23)28)25(22-15)17(27)11-6-5-9-19-10-11/h3-10H,1-2H3. The van der Waals surface area contributed by atoms with Crippen LogP contribution in [0.5, 0.6) is 0 Å². The predicted molar refractivity (Wildman–Crippen MR) is 106 cm³/mol. The first-order valence-corrected chi connectivity index (χ1v) is 8.64. The largest absolute Gasteiger partial charge is 0.330 e. The van der Waals surface area contributed by atoms with E-state index in [1.807, 2.05) is 0 Å². The van der Waals surface area contributed by atoms with Crippen molar-refractivity contribution < 1.29 is 14.5 Å². The van der Waals surface area contributed by atoms with Crippen molar-refractivity contribution in [3.63, 3.8) is 0 Å². The zero-order chi connectivity index (χ0) is 21.4. The van der Waals surface area contributed by atoms with Crippen molar-refractivity contribution in [3.05, 3.63) is 64.5 Å². The summed E-state index contributed by atoms with van der Waals surface area (Å²) in [4.78, 5) is 42.4. The van der Waals surface area contributed by atoms with Crippen LogP contribution in [0.4, 0.5) is 33.5 Å². The number of nitro benzene ring substituents is 1. The smallest absolute Gasteiger partial charge is 0.279 e. The molecule has 12 nitrogen and oxygen atoms in total. The van der Waals surface area contributed by atoms with E-state index in [9.17, 15) is 19.7 Å². The second kappa shape index (κ2) is 7.16. The van der Waals surface area contributed by atoms with Gasteiger partial charge in [-0.25, -0.2) is 4.79 Å². The van der Waals surface area contributed by atoms with E-state index in [1.54, 1.807) is 18.2 Å². The van der Waals surface area contributed by atoms with Gasteiger partial charge in [0.1, 0.15) is 0 Å². The Morgan fingerprint density at radius 2 is 1.87 bits per heavy atom. The van der Waals surface area contributed by atoms with Crippen molar-refractivity contribution in [2.45, 2.75) is 0 Å². The van der Waals surface area contributed by atoms with Gasteiger partial charge >= 0.3 is 6.03 Å². The van der Waals surface area contributed by atoms with E-state index in [0.29, 0.717) is 0 Å². The van der Waals surface area contributed by atoms with Gasteiger partial charge in [-0.05, 0) is 18.2 Å². The molecular formula is C18H14N8O4. The lowest BCUT2D eigenvalue weighted by Crippen LogP contribution is -2.41. The number of pyridine rings is 1. The third-order valence-corrected chi connectivity index (χ3v) is 4.47. The third kappa shape index (κ3) is 2.96. The summed E-state index contributed by atoms with van der Waals surface area (Å²) in [5, 5.41) is 23.5. The molecule has 3 heterocycles. The molecular weight excluding hydrogens is 392 g/mol. The number of hydrogen-bond donors (Lipinski definition) is 0. The number of nitrogens with zero attached hydrogens (tertiary/aromatic N) is 8. The highest BCUT2D eigenvalue weighted by Crippen LogP contribution is 2.43. The van der Waals surface area contributed by atoms with E-state index in [0.717, 1.165) is 4.68 Å². The van der Waals surface area contributed by atoms with E-state index in [-0.39, 0.29) is 34.3 Å². The number of urea groups is 1. The molecule has 0 saturated heterocycles. The highest BCUT2D eigenvalue weighted by atomic mass is 16.6. The molecule has 0 unspecified atom stereocenters. The summed E-state index contributed by atoms with van der Waals surface area (Å²) in [5.41, 5.74) is 0.205. The Balaban J connectivity index is 1.85. The molecule has 0 aliphatic carbocycles. The first-order chi connectivity index (χ1) is 14.4. The first-order valence-electron chi connectivity index (χ1n) is 8.64. The van der Waals surface area contributed by atoms with E-state index in [2.05, 4.69) is 20.3 Å². The summed E-state index contributed by atoms with van der Waals surface area (Å²) in [6.07, 6.45) is 2.91. The Labute approximate surface area is 169 Å². The molecule has 1 aliphatic heterocycles. The van der Waals surface area contributed by atoms with Crippen molar-refractivity contribution in [1.29, 1.82) is 0 Å². The summed E-state index contributed by atoms with van der Waals surface area (Å²) >= 11 is 0. The van der Waals surface area contributed by atoms with Crippen LogP contribution in [0.25, 0.3) is 0 Å². The number of carbonyl (C=O) groups excluding carboxylic acids is 2. The number of fused-ring (bicyclic) bond motifs is 2. The van der Waals surface area contributed by atoms with Gasteiger partial charge in [-0.15, -0.1) is 15.3 Å². The van der Waals surface area contributed by atoms with Crippen LogP contribution in [-0.4, -0.2) is 45.7 Å². The maximum atomic E-state index is 12.9. The Kier molecular flexibility index (Phi) is 4.50. The van der Waals surface area contributed by atoms with E-state index >= 15 is 0 Å². The number of nitro groups is 1. The molecule has 3 aromatic rings. The summed E-state index contributed by atoms with van der Waals surface area (Å²) in [6.45, 7) is 0. The van der Waals surface area contributed by atoms with Crippen LogP contribution in [-0.2, 0) is 0 Å². The number of para-hydroxylation sites is 1. The number of hydrogen-bond acceptors (Lipinski definition) is 8. The van der Waals surface area contributed by atoms with E-state index < -0.39 is 16.9 Å². The van der Waals surface area contributed by atoms with Crippen LogP contribution < -0.4 is 9.80 Å². The van der Waals surface area contributed by atoms with E-state index in [1.165, 1.54) is 54.5 Å². The minimum atomic E-state index is -0.570. The van der Waals surface area contributed by atoms with Gasteiger partial charge in [0.2, 0.25) is 0 Å². The lowest BCUT2D eigenvalue weighted by molar-refractivity contribution is -0.384. The predicted octanol–water partition coefficient (Wildman–Crippen LogP) is 3.30. The van der Waals surface area contributed by atoms with Crippen molar-refractivity contribution in [1.82, 2.24) is 14.8 Å². The Hall–Kier alpha value is -4.48. The number of anilines is 2. The number of benzene rings is 1. The van der Waals surface area contributed by atoms with Gasteiger partial charge in [0.25, 0.3) is 11.6 Å². The molecule has 0 spiro atoms. The van der Waals surface area contributed by atoms with Crippen LogP contribution in [0.2, 0.25) is 0 Å². The Morgan fingerprint density at radius 3 is 2.57 bits per heavy atom. The lowest BCUT2D eigenvalue weighted by Gasteiger charge is -2.26. The van der Waals surface area contributed by atoms with Gasteiger partial charge in [-0.3, -0.25) is 29.7 Å². The number of aromatic nitrogens is 3. The van der Waals surface area contributed by atoms with Gasteiger partial charge in [0.15, 0.2) is 23.0 Å². The first kappa shape index (κ1) is 18.9. The summed E-state index contributed by atoms with van der Waals surface area (Å²) in [7, 11) is 2.95. The Bertz CT molecular complexity index is 1200. The van der Waals surface area contributed by atoms with Gasteiger partial charge in [0.05, 0.1) is 10.5 Å². The lowest BCUT2D eigenvalue weighted by atomic mass is 10.2. The molecule has 12 heteroatoms. The quantitative estimate of drug-likeness (QED) is 0.370. The molecule has 0 radical (unpaired) electrons. The summed E-state index contributed by atoms with van der Waals surface area (Å²) in [5.74, 6) is -0.307. The molecule has 2 aromatic heterocycles.